The molecule has 2 heterocycles. The second kappa shape index (κ2) is 5.25. The van der Waals surface area contributed by atoms with Crippen molar-refractivity contribution in [2.75, 3.05) is 18.4 Å². The van der Waals surface area contributed by atoms with Gasteiger partial charge in [0, 0.05) is 13.0 Å². The van der Waals surface area contributed by atoms with Gasteiger partial charge in [-0.15, -0.1) is 0 Å². The maximum atomic E-state index is 5.60. The number of aryl methyl sites for hydroxylation is 2. The Morgan fingerprint density at radius 1 is 1.40 bits per heavy atom. The highest BCUT2D eigenvalue weighted by Gasteiger charge is 2.25. The van der Waals surface area contributed by atoms with Crippen molar-refractivity contribution in [3.63, 3.8) is 0 Å². The van der Waals surface area contributed by atoms with Crippen molar-refractivity contribution >= 4 is 5.95 Å². The third kappa shape index (κ3) is 2.29. The predicted molar refractivity (Wildman–Crippen MR) is 79.9 cm³/mol. The topological polar surface area (TPSA) is 68.8 Å². The lowest BCUT2D eigenvalue weighted by molar-refractivity contribution is 0.475. The van der Waals surface area contributed by atoms with Crippen LogP contribution in [0.15, 0.2) is 18.2 Å². The van der Waals surface area contributed by atoms with E-state index < -0.39 is 0 Å². The third-order valence-electron chi connectivity index (χ3n) is 3.82. The van der Waals surface area contributed by atoms with E-state index in [0.717, 1.165) is 31.2 Å². The lowest BCUT2D eigenvalue weighted by atomic mass is 9.96. The molecule has 5 nitrogen and oxygen atoms in total. The first kappa shape index (κ1) is 13.1. The number of nitrogens with two attached hydrogens (primary N) is 1. The van der Waals surface area contributed by atoms with Gasteiger partial charge in [0.25, 0.3) is 0 Å². The van der Waals surface area contributed by atoms with Crippen molar-refractivity contribution in [1.82, 2.24) is 14.8 Å². The van der Waals surface area contributed by atoms with Crippen molar-refractivity contribution < 1.29 is 0 Å². The van der Waals surface area contributed by atoms with Crippen LogP contribution >= 0.6 is 0 Å². The minimum Gasteiger partial charge on any atom is -0.354 e. The van der Waals surface area contributed by atoms with Gasteiger partial charge in [-0.2, -0.15) is 10.1 Å². The lowest BCUT2D eigenvalue weighted by Crippen LogP contribution is -2.25. The number of aromatic nitrogens is 3. The van der Waals surface area contributed by atoms with E-state index in [2.05, 4.69) is 47.4 Å². The molecule has 0 radical (unpaired) electrons. The quantitative estimate of drug-likeness (QED) is 0.893. The summed E-state index contributed by atoms with van der Waals surface area (Å²) in [6, 6.07) is 6.89. The summed E-state index contributed by atoms with van der Waals surface area (Å²) in [5.41, 5.74) is 9.54. The van der Waals surface area contributed by atoms with E-state index in [0.29, 0.717) is 6.54 Å². The molecule has 0 saturated carbocycles. The van der Waals surface area contributed by atoms with Gasteiger partial charge in [-0.25, -0.2) is 4.68 Å². The lowest BCUT2D eigenvalue weighted by Gasteiger charge is -2.26. The molecule has 3 N–H and O–H groups in total. The fourth-order valence-corrected chi connectivity index (χ4v) is 2.87. The van der Waals surface area contributed by atoms with E-state index in [9.17, 15) is 0 Å². The first-order valence-corrected chi connectivity index (χ1v) is 7.15. The molecule has 20 heavy (non-hydrogen) atoms. The molecule has 1 aromatic heterocycles. The molecule has 0 bridgehead atoms. The van der Waals surface area contributed by atoms with Crippen LogP contribution in [0.5, 0.6) is 0 Å². The van der Waals surface area contributed by atoms with Crippen LogP contribution in [-0.4, -0.2) is 27.9 Å². The molecule has 1 aromatic carbocycles. The number of nitrogens with zero attached hydrogens (tertiary/aromatic N) is 3. The van der Waals surface area contributed by atoms with Crippen LogP contribution in [0, 0.1) is 13.8 Å². The van der Waals surface area contributed by atoms with Crippen LogP contribution < -0.4 is 11.1 Å². The number of nitrogens with one attached hydrogen (secondary N) is 1. The number of hydrogen-bond donors (Lipinski definition) is 2. The number of anilines is 1. The van der Waals surface area contributed by atoms with Crippen LogP contribution in [0.4, 0.5) is 5.95 Å². The minimum absolute atomic E-state index is 0.269. The highest BCUT2D eigenvalue weighted by atomic mass is 15.4. The smallest absolute Gasteiger partial charge is 0.221 e. The van der Waals surface area contributed by atoms with Crippen molar-refractivity contribution in [2.45, 2.75) is 32.7 Å². The van der Waals surface area contributed by atoms with Gasteiger partial charge in [-0.05, 0) is 37.9 Å². The molecule has 0 aliphatic carbocycles. The molecule has 1 aliphatic heterocycles. The van der Waals surface area contributed by atoms with Crippen molar-refractivity contribution in [1.29, 1.82) is 0 Å². The maximum absolute atomic E-state index is 5.60. The van der Waals surface area contributed by atoms with Crippen LogP contribution in [0.2, 0.25) is 0 Å². The Kier molecular flexibility index (Phi) is 3.44. The fraction of sp³-hybridized carbons (Fsp3) is 0.467. The van der Waals surface area contributed by atoms with E-state index in [1.54, 1.807) is 0 Å². The van der Waals surface area contributed by atoms with Gasteiger partial charge in [0.1, 0.15) is 0 Å². The molecule has 3 rings (SSSR count). The fourth-order valence-electron chi connectivity index (χ4n) is 2.87. The molecule has 0 spiro atoms. The predicted octanol–water partition coefficient (Wildman–Crippen LogP) is 1.80. The molecule has 0 saturated heterocycles. The number of benzene rings is 1. The summed E-state index contributed by atoms with van der Waals surface area (Å²) in [6.07, 6.45) is 1.75. The third-order valence-corrected chi connectivity index (χ3v) is 3.82. The average Bonchev–Trinajstić information content (AvgIpc) is 2.82. The molecule has 1 unspecified atom stereocenters. The molecule has 1 aliphatic rings. The monoisotopic (exact) mass is 271 g/mol. The second-order valence-corrected chi connectivity index (χ2v) is 5.43. The van der Waals surface area contributed by atoms with Crippen LogP contribution in [0.1, 0.15) is 35.0 Å². The van der Waals surface area contributed by atoms with Crippen LogP contribution in [0.3, 0.4) is 0 Å². The van der Waals surface area contributed by atoms with E-state index in [-0.39, 0.29) is 6.04 Å². The summed E-state index contributed by atoms with van der Waals surface area (Å²) < 4.78 is 2.02. The average molecular weight is 271 g/mol. The SMILES string of the molecule is Cc1ccc(C2CCNc3nc(CCN)nn32)c(C)c1. The number of rotatable bonds is 3. The highest BCUT2D eigenvalue weighted by molar-refractivity contribution is 5.37. The van der Waals surface area contributed by atoms with Crippen molar-refractivity contribution in [2.24, 2.45) is 5.73 Å². The first-order chi connectivity index (χ1) is 9.69. The molecule has 0 fully saturated rings. The highest BCUT2D eigenvalue weighted by Crippen LogP contribution is 2.30. The Balaban J connectivity index is 2.00. The van der Waals surface area contributed by atoms with Crippen LogP contribution in [0.25, 0.3) is 0 Å². The normalized spacial score (nSPS) is 17.6. The van der Waals surface area contributed by atoms with Gasteiger partial charge in [0.15, 0.2) is 5.82 Å². The van der Waals surface area contributed by atoms with E-state index in [4.69, 9.17) is 5.73 Å². The Morgan fingerprint density at radius 2 is 2.25 bits per heavy atom. The zero-order valence-electron chi connectivity index (χ0n) is 12.1. The zero-order chi connectivity index (χ0) is 14.1. The van der Waals surface area contributed by atoms with Crippen molar-refractivity contribution in [3.05, 3.63) is 40.7 Å². The molecule has 0 amide bonds. The molecule has 106 valence electrons. The molecule has 5 heteroatoms. The number of hydrogen-bond acceptors (Lipinski definition) is 4. The Hall–Kier alpha value is -1.88. The Bertz CT molecular complexity index is 617. The van der Waals surface area contributed by atoms with Crippen molar-refractivity contribution in [3.8, 4) is 0 Å². The first-order valence-electron chi connectivity index (χ1n) is 7.15. The standard InChI is InChI=1S/C15H21N5/c1-10-3-4-12(11(2)9-10)13-6-8-17-15-18-14(5-7-16)19-20(13)15/h3-4,9,13H,5-8,16H2,1-2H3,(H,17,18,19). The molecule has 2 aromatic rings. The summed E-state index contributed by atoms with van der Waals surface area (Å²) in [7, 11) is 0. The Labute approximate surface area is 119 Å². The van der Waals surface area contributed by atoms with Gasteiger partial charge < -0.3 is 11.1 Å². The summed E-state index contributed by atoms with van der Waals surface area (Å²) in [4.78, 5) is 4.52. The minimum atomic E-state index is 0.269. The van der Waals surface area contributed by atoms with Gasteiger partial charge >= 0.3 is 0 Å². The maximum Gasteiger partial charge on any atom is 0.221 e. The number of fused-ring (bicyclic) bond motifs is 1. The van der Waals surface area contributed by atoms with Gasteiger partial charge in [-0.1, -0.05) is 23.8 Å². The summed E-state index contributed by atoms with van der Waals surface area (Å²) >= 11 is 0. The summed E-state index contributed by atoms with van der Waals surface area (Å²) in [5.74, 6) is 1.69. The van der Waals surface area contributed by atoms with E-state index in [1.165, 1.54) is 16.7 Å². The Morgan fingerprint density at radius 3 is 3.00 bits per heavy atom. The zero-order valence-corrected chi connectivity index (χ0v) is 12.1. The van der Waals surface area contributed by atoms with Gasteiger partial charge in [0.05, 0.1) is 6.04 Å². The molecule has 1 atom stereocenters. The second-order valence-electron chi connectivity index (χ2n) is 5.43. The molecular weight excluding hydrogens is 250 g/mol. The van der Waals surface area contributed by atoms with E-state index >= 15 is 0 Å². The van der Waals surface area contributed by atoms with Gasteiger partial charge in [0.2, 0.25) is 5.95 Å². The molecular formula is C15H21N5. The largest absolute Gasteiger partial charge is 0.354 e. The summed E-state index contributed by atoms with van der Waals surface area (Å²) in [5, 5.41) is 7.95. The summed E-state index contributed by atoms with van der Waals surface area (Å²) in [6.45, 7) is 5.80. The van der Waals surface area contributed by atoms with Gasteiger partial charge in [-0.3, -0.25) is 0 Å². The van der Waals surface area contributed by atoms with E-state index in [1.807, 2.05) is 4.68 Å². The van der Waals surface area contributed by atoms with Crippen LogP contribution in [-0.2, 0) is 6.42 Å².